The van der Waals surface area contributed by atoms with Crippen LogP contribution in [0.4, 0.5) is 0 Å². The van der Waals surface area contributed by atoms with E-state index in [1.54, 1.807) is 30.3 Å². The Labute approximate surface area is 208 Å². The predicted molar refractivity (Wildman–Crippen MR) is 128 cm³/mol. The second-order valence-electron chi connectivity index (χ2n) is 8.06. The maximum Gasteiger partial charge on any atom is 0.343 e. The summed E-state index contributed by atoms with van der Waals surface area (Å²) < 4.78 is 28.1. The molecule has 0 saturated carbocycles. The minimum atomic E-state index is -1.64. The Morgan fingerprint density at radius 2 is 1.31 bits per heavy atom. The Morgan fingerprint density at radius 3 is 1.86 bits per heavy atom. The molecule has 4 atom stereocenters. The lowest BCUT2D eigenvalue weighted by Gasteiger charge is -2.38. The van der Waals surface area contributed by atoms with Gasteiger partial charge in [0, 0.05) is 0 Å². The molecule has 8 heteroatoms. The fraction of sp³-hybridized carbons (Fsp3) is 0.250. The number of Topliss-reactive ketones (excluding diaryl/α,β-unsaturated/α-hetero) is 1. The predicted octanol–water partition coefficient (Wildman–Crippen LogP) is 3.48. The minimum Gasteiger partial charge on any atom is -0.467 e. The fourth-order valence-corrected chi connectivity index (χ4v) is 3.71. The van der Waals surface area contributed by atoms with Gasteiger partial charge in [0.2, 0.25) is 11.9 Å². The van der Waals surface area contributed by atoms with Crippen molar-refractivity contribution >= 4 is 17.7 Å². The highest BCUT2D eigenvalue weighted by Gasteiger charge is 2.52. The van der Waals surface area contributed by atoms with Crippen molar-refractivity contribution in [2.75, 3.05) is 7.11 Å². The van der Waals surface area contributed by atoms with Crippen molar-refractivity contribution in [3.8, 4) is 0 Å². The van der Waals surface area contributed by atoms with E-state index in [0.29, 0.717) is 0 Å². The van der Waals surface area contributed by atoms with Crippen molar-refractivity contribution in [1.82, 2.24) is 0 Å². The summed E-state index contributed by atoms with van der Waals surface area (Å²) in [6.45, 7) is 0.202. The number of hydrogen-bond donors (Lipinski definition) is 0. The summed E-state index contributed by atoms with van der Waals surface area (Å²) >= 11 is 0. The minimum absolute atomic E-state index is 0.0929. The molecule has 0 radical (unpaired) electrons. The van der Waals surface area contributed by atoms with Gasteiger partial charge in [0.1, 0.15) is 0 Å². The number of benzene rings is 3. The number of hydrogen-bond acceptors (Lipinski definition) is 8. The fourth-order valence-electron chi connectivity index (χ4n) is 3.71. The zero-order chi connectivity index (χ0) is 25.3. The van der Waals surface area contributed by atoms with Crippen LogP contribution in [0.5, 0.6) is 0 Å². The Morgan fingerprint density at radius 1 is 0.778 bits per heavy atom. The Kier molecular flexibility index (Phi) is 8.57. The molecular weight excluding hydrogens is 464 g/mol. The number of ketones is 1. The van der Waals surface area contributed by atoms with Crippen LogP contribution in [0.25, 0.3) is 0 Å². The van der Waals surface area contributed by atoms with E-state index in [1.165, 1.54) is 0 Å². The molecule has 3 aromatic carbocycles. The summed E-state index contributed by atoms with van der Waals surface area (Å²) in [5.74, 6) is -2.45. The molecule has 4 rings (SSSR count). The quantitative estimate of drug-likeness (QED) is 0.332. The van der Waals surface area contributed by atoms with Gasteiger partial charge in [0.15, 0.2) is 18.5 Å². The van der Waals surface area contributed by atoms with E-state index >= 15 is 0 Å². The van der Waals surface area contributed by atoms with Crippen molar-refractivity contribution in [1.29, 1.82) is 0 Å². The lowest BCUT2D eigenvalue weighted by atomic mass is 9.99. The highest BCUT2D eigenvalue weighted by Crippen LogP contribution is 2.27. The number of carbonyl (C=O) groups excluding carboxylic acids is 3. The number of methoxy groups -OCH3 is 1. The van der Waals surface area contributed by atoms with Gasteiger partial charge in [-0.3, -0.25) is 4.79 Å². The monoisotopic (exact) mass is 490 g/mol. The van der Waals surface area contributed by atoms with Crippen LogP contribution in [0.2, 0.25) is 0 Å². The van der Waals surface area contributed by atoms with Crippen LogP contribution >= 0.6 is 0 Å². The largest absolute Gasteiger partial charge is 0.467 e. The van der Waals surface area contributed by atoms with Gasteiger partial charge in [0.25, 0.3) is 0 Å². The van der Waals surface area contributed by atoms with E-state index in [-0.39, 0.29) is 18.8 Å². The average Bonchev–Trinajstić information content (AvgIpc) is 2.93. The molecule has 1 saturated heterocycles. The van der Waals surface area contributed by atoms with Gasteiger partial charge in [-0.25, -0.2) is 9.59 Å². The second kappa shape index (κ2) is 12.2. The first-order valence-electron chi connectivity index (χ1n) is 11.4. The van der Waals surface area contributed by atoms with Gasteiger partial charge in [-0.1, -0.05) is 78.9 Å². The van der Waals surface area contributed by atoms with Crippen molar-refractivity contribution in [3.05, 3.63) is 108 Å². The Bertz CT molecular complexity index is 1150. The summed E-state index contributed by atoms with van der Waals surface area (Å²) in [4.78, 5) is 38.6. The van der Waals surface area contributed by atoms with Crippen LogP contribution in [-0.2, 0) is 46.5 Å². The normalized spacial score (nSPS) is 21.5. The molecule has 0 spiro atoms. The van der Waals surface area contributed by atoms with Gasteiger partial charge < -0.3 is 23.7 Å². The molecule has 1 fully saturated rings. The molecule has 0 N–H and O–H groups in total. The van der Waals surface area contributed by atoms with Crippen LogP contribution in [0.1, 0.15) is 21.5 Å². The third-order valence-electron chi connectivity index (χ3n) is 5.58. The molecule has 0 unspecified atom stereocenters. The highest BCUT2D eigenvalue weighted by atomic mass is 16.7. The van der Waals surface area contributed by atoms with Crippen molar-refractivity contribution < 1.29 is 38.1 Å². The van der Waals surface area contributed by atoms with Gasteiger partial charge in [-0.2, -0.15) is 0 Å². The smallest absolute Gasteiger partial charge is 0.343 e. The number of esters is 2. The Hall–Kier alpha value is -3.85. The number of rotatable bonds is 9. The molecule has 0 amide bonds. The molecule has 0 bridgehead atoms. The Balaban J connectivity index is 1.62. The van der Waals surface area contributed by atoms with E-state index in [0.717, 1.165) is 18.2 Å². The summed E-state index contributed by atoms with van der Waals surface area (Å²) in [6.07, 6.45) is -5.46. The maximum atomic E-state index is 13.3. The van der Waals surface area contributed by atoms with E-state index in [2.05, 4.69) is 0 Å². The van der Waals surface area contributed by atoms with Crippen molar-refractivity contribution in [3.63, 3.8) is 0 Å². The standard InChI is InChI=1S/C28H26O8/c1-32-27(31)24-22(29)23(35-26(30)21-15-9-4-10-16-21)25(33-17-19-11-5-2-6-12-19)28(36-24)34-18-20-13-7-3-8-14-20/h2-16,23-25,28H,17-18H2,1H3/t23-,24+,25+,28+/m0/s1. The molecule has 1 heterocycles. The van der Waals surface area contributed by atoms with Gasteiger partial charge in [-0.05, 0) is 23.3 Å². The van der Waals surface area contributed by atoms with Crippen molar-refractivity contribution in [2.24, 2.45) is 0 Å². The molecule has 8 nitrogen and oxygen atoms in total. The first-order chi connectivity index (χ1) is 17.6. The average molecular weight is 491 g/mol. The summed E-state index contributed by atoms with van der Waals surface area (Å²) in [5, 5.41) is 0. The molecule has 36 heavy (non-hydrogen) atoms. The zero-order valence-electron chi connectivity index (χ0n) is 19.6. The van der Waals surface area contributed by atoms with Crippen LogP contribution in [0, 0.1) is 0 Å². The lowest BCUT2D eigenvalue weighted by Crippen LogP contribution is -2.60. The van der Waals surface area contributed by atoms with Crippen LogP contribution in [0.15, 0.2) is 91.0 Å². The van der Waals surface area contributed by atoms with Gasteiger partial charge in [0.05, 0.1) is 25.9 Å². The van der Waals surface area contributed by atoms with Crippen LogP contribution < -0.4 is 0 Å². The third-order valence-corrected chi connectivity index (χ3v) is 5.58. The van der Waals surface area contributed by atoms with Gasteiger partial charge >= 0.3 is 11.9 Å². The number of ether oxygens (including phenoxy) is 5. The van der Waals surface area contributed by atoms with Crippen LogP contribution in [-0.4, -0.2) is 49.4 Å². The van der Waals surface area contributed by atoms with E-state index in [1.807, 2.05) is 60.7 Å². The van der Waals surface area contributed by atoms with E-state index in [4.69, 9.17) is 23.7 Å². The summed E-state index contributed by atoms with van der Waals surface area (Å²) in [7, 11) is 1.14. The summed E-state index contributed by atoms with van der Waals surface area (Å²) in [5.41, 5.74) is 1.91. The molecule has 3 aromatic rings. The van der Waals surface area contributed by atoms with Crippen molar-refractivity contribution in [2.45, 2.75) is 37.8 Å². The molecule has 1 aliphatic rings. The third kappa shape index (κ3) is 6.23. The van der Waals surface area contributed by atoms with E-state index in [9.17, 15) is 14.4 Å². The number of carbonyl (C=O) groups is 3. The maximum absolute atomic E-state index is 13.3. The summed E-state index contributed by atoms with van der Waals surface area (Å²) in [6, 6.07) is 26.8. The molecule has 1 aliphatic heterocycles. The van der Waals surface area contributed by atoms with Crippen LogP contribution in [0.3, 0.4) is 0 Å². The lowest BCUT2D eigenvalue weighted by molar-refractivity contribution is -0.269. The molecule has 186 valence electrons. The first kappa shape index (κ1) is 25.2. The molecule has 0 aliphatic carbocycles. The zero-order valence-corrected chi connectivity index (χ0v) is 19.6. The first-order valence-corrected chi connectivity index (χ1v) is 11.4. The van der Waals surface area contributed by atoms with Gasteiger partial charge in [-0.15, -0.1) is 0 Å². The highest BCUT2D eigenvalue weighted by molar-refractivity contribution is 6.06. The molecule has 0 aromatic heterocycles. The molecular formula is C28H26O8. The SMILES string of the molecule is COC(=O)[C@@H]1O[C@@H](OCc2ccccc2)[C@H](OCc2ccccc2)[C@@H](OC(=O)c2ccccc2)C1=O. The topological polar surface area (TPSA) is 97.4 Å². The van der Waals surface area contributed by atoms with E-state index < -0.39 is 42.3 Å². The second-order valence-corrected chi connectivity index (χ2v) is 8.06.